The van der Waals surface area contributed by atoms with Crippen molar-refractivity contribution in [1.29, 1.82) is 0 Å². The Balaban J connectivity index is 1.84. The molecule has 1 aromatic carbocycles. The fraction of sp³-hybridized carbons (Fsp3) is 0.444. The van der Waals surface area contributed by atoms with Gasteiger partial charge in [0.1, 0.15) is 12.3 Å². The number of hydrogen-bond donors (Lipinski definition) is 2. The third-order valence-electron chi connectivity index (χ3n) is 4.08. The van der Waals surface area contributed by atoms with Crippen LogP contribution in [0.5, 0.6) is 0 Å². The first-order valence-electron chi connectivity index (χ1n) is 8.99. The van der Waals surface area contributed by atoms with Crippen LogP contribution in [-0.2, 0) is 11.3 Å². The van der Waals surface area contributed by atoms with Crippen LogP contribution in [0, 0.1) is 0 Å². The average Bonchev–Trinajstić information content (AvgIpc) is 3.38. The lowest BCUT2D eigenvalue weighted by atomic mass is 10.2. The fourth-order valence-corrected chi connectivity index (χ4v) is 2.56. The van der Waals surface area contributed by atoms with E-state index in [2.05, 4.69) is 20.9 Å². The Morgan fingerprint density at radius 1 is 1.25 bits per heavy atom. The van der Waals surface area contributed by atoms with Crippen molar-refractivity contribution in [3.63, 3.8) is 0 Å². The van der Waals surface area contributed by atoms with E-state index in [-0.39, 0.29) is 29.9 Å². The second-order valence-corrected chi connectivity index (χ2v) is 6.36. The van der Waals surface area contributed by atoms with Crippen LogP contribution in [0.4, 0.5) is 8.78 Å². The number of nitrogens with zero attached hydrogens (tertiary/aromatic N) is 3. The summed E-state index contributed by atoms with van der Waals surface area (Å²) in [7, 11) is 0. The summed E-state index contributed by atoms with van der Waals surface area (Å²) in [5.41, 5.74) is 1.30. The second-order valence-electron chi connectivity index (χ2n) is 6.36. The lowest BCUT2D eigenvalue weighted by Gasteiger charge is -2.10. The molecule has 0 atom stereocenters. The van der Waals surface area contributed by atoms with Crippen molar-refractivity contribution < 1.29 is 23.1 Å². The molecule has 2 amide bonds. The first-order valence-corrected chi connectivity index (χ1v) is 8.99. The summed E-state index contributed by atoms with van der Waals surface area (Å²) in [4.78, 5) is 24.3. The molecule has 0 unspecified atom stereocenters. The SMILES string of the molecule is CCNC(=O)c1ccc(-n2nnc(C(=O)NC3CC3)c2COCC(F)F)cc1. The van der Waals surface area contributed by atoms with Gasteiger partial charge in [0.2, 0.25) is 0 Å². The molecule has 1 aliphatic rings. The van der Waals surface area contributed by atoms with Gasteiger partial charge < -0.3 is 15.4 Å². The largest absolute Gasteiger partial charge is 0.369 e. The predicted molar refractivity (Wildman–Crippen MR) is 95.5 cm³/mol. The van der Waals surface area contributed by atoms with E-state index < -0.39 is 18.9 Å². The van der Waals surface area contributed by atoms with Crippen molar-refractivity contribution in [2.24, 2.45) is 0 Å². The van der Waals surface area contributed by atoms with Crippen LogP contribution < -0.4 is 10.6 Å². The molecule has 1 saturated carbocycles. The van der Waals surface area contributed by atoms with Crippen molar-refractivity contribution in [2.45, 2.75) is 38.8 Å². The van der Waals surface area contributed by atoms with Crippen LogP contribution in [0.2, 0.25) is 0 Å². The van der Waals surface area contributed by atoms with Gasteiger partial charge in [-0.05, 0) is 44.0 Å². The summed E-state index contributed by atoms with van der Waals surface area (Å²) in [6, 6.07) is 6.60. The molecule has 2 N–H and O–H groups in total. The zero-order valence-corrected chi connectivity index (χ0v) is 15.3. The molecule has 3 rings (SSSR count). The van der Waals surface area contributed by atoms with Crippen LogP contribution in [0.15, 0.2) is 24.3 Å². The summed E-state index contributed by atoms with van der Waals surface area (Å²) >= 11 is 0. The minimum absolute atomic E-state index is 0.0361. The maximum atomic E-state index is 12.4. The van der Waals surface area contributed by atoms with Gasteiger partial charge in [-0.2, -0.15) is 0 Å². The lowest BCUT2D eigenvalue weighted by molar-refractivity contribution is 0.00805. The van der Waals surface area contributed by atoms with Gasteiger partial charge in [0.15, 0.2) is 5.69 Å². The van der Waals surface area contributed by atoms with Crippen LogP contribution in [-0.4, -0.2) is 52.4 Å². The van der Waals surface area contributed by atoms with E-state index in [0.29, 0.717) is 17.8 Å². The third-order valence-corrected chi connectivity index (χ3v) is 4.08. The Labute approximate surface area is 160 Å². The Morgan fingerprint density at radius 3 is 2.57 bits per heavy atom. The van der Waals surface area contributed by atoms with Gasteiger partial charge in [-0.25, -0.2) is 13.5 Å². The topological polar surface area (TPSA) is 98.1 Å². The first-order chi connectivity index (χ1) is 13.5. The molecule has 0 spiro atoms. The summed E-state index contributed by atoms with van der Waals surface area (Å²) in [6.45, 7) is 1.32. The highest BCUT2D eigenvalue weighted by Crippen LogP contribution is 2.21. The molecule has 8 nitrogen and oxygen atoms in total. The molecule has 1 aliphatic carbocycles. The molecule has 0 aliphatic heterocycles. The minimum Gasteiger partial charge on any atom is -0.369 e. The van der Waals surface area contributed by atoms with Gasteiger partial charge in [-0.1, -0.05) is 5.21 Å². The Hall–Kier alpha value is -2.88. The molecule has 0 saturated heterocycles. The molecule has 0 radical (unpaired) electrons. The molecule has 0 bridgehead atoms. The summed E-state index contributed by atoms with van der Waals surface area (Å²) in [6.07, 6.45) is -0.819. The molecule has 28 heavy (non-hydrogen) atoms. The molecule has 10 heteroatoms. The number of halogens is 2. The molecule has 1 aromatic heterocycles. The number of alkyl halides is 2. The van der Waals surface area contributed by atoms with E-state index in [1.165, 1.54) is 4.68 Å². The van der Waals surface area contributed by atoms with E-state index in [4.69, 9.17) is 4.74 Å². The highest BCUT2D eigenvalue weighted by Gasteiger charge is 2.28. The van der Waals surface area contributed by atoms with E-state index in [9.17, 15) is 18.4 Å². The van der Waals surface area contributed by atoms with Crippen molar-refractivity contribution in [3.8, 4) is 5.69 Å². The molecular weight excluding hydrogens is 372 g/mol. The number of benzene rings is 1. The van der Waals surface area contributed by atoms with Gasteiger partial charge in [-0.3, -0.25) is 9.59 Å². The van der Waals surface area contributed by atoms with Crippen LogP contribution >= 0.6 is 0 Å². The number of nitrogens with one attached hydrogen (secondary N) is 2. The average molecular weight is 393 g/mol. The van der Waals surface area contributed by atoms with Crippen LogP contribution in [0.1, 0.15) is 46.3 Å². The van der Waals surface area contributed by atoms with Crippen LogP contribution in [0.3, 0.4) is 0 Å². The van der Waals surface area contributed by atoms with E-state index in [1.54, 1.807) is 24.3 Å². The van der Waals surface area contributed by atoms with E-state index in [0.717, 1.165) is 12.8 Å². The smallest absolute Gasteiger partial charge is 0.274 e. The van der Waals surface area contributed by atoms with E-state index in [1.807, 2.05) is 6.92 Å². The van der Waals surface area contributed by atoms with Crippen LogP contribution in [0.25, 0.3) is 5.69 Å². The normalized spacial score (nSPS) is 13.6. The van der Waals surface area contributed by atoms with E-state index >= 15 is 0 Å². The summed E-state index contributed by atoms with van der Waals surface area (Å²) < 4.78 is 31.2. The molecule has 1 fully saturated rings. The summed E-state index contributed by atoms with van der Waals surface area (Å²) in [5, 5.41) is 13.4. The van der Waals surface area contributed by atoms with Gasteiger partial charge in [-0.15, -0.1) is 5.10 Å². The number of carbonyl (C=O) groups excluding carboxylic acids is 2. The molecular formula is C18H21F2N5O3. The van der Waals surface area contributed by atoms with Gasteiger partial charge in [0, 0.05) is 18.2 Å². The van der Waals surface area contributed by atoms with Gasteiger partial charge >= 0.3 is 0 Å². The maximum absolute atomic E-state index is 12.4. The number of aromatic nitrogens is 3. The third kappa shape index (κ3) is 4.89. The molecule has 150 valence electrons. The molecule has 2 aromatic rings. The Morgan fingerprint density at radius 2 is 1.96 bits per heavy atom. The zero-order chi connectivity index (χ0) is 20.1. The van der Waals surface area contributed by atoms with Gasteiger partial charge in [0.25, 0.3) is 18.2 Å². The Bertz CT molecular complexity index is 834. The number of amides is 2. The van der Waals surface area contributed by atoms with Crippen molar-refractivity contribution in [3.05, 3.63) is 41.2 Å². The predicted octanol–water partition coefficient (Wildman–Crippen LogP) is 1.69. The quantitative estimate of drug-likeness (QED) is 0.676. The van der Waals surface area contributed by atoms with Crippen molar-refractivity contribution >= 4 is 11.8 Å². The standard InChI is InChI=1S/C18H21F2N5O3/c1-2-21-17(26)11-3-7-13(8-4-11)25-14(9-28-10-15(19)20)16(23-24-25)18(27)22-12-5-6-12/h3-4,7-8,12,15H,2,5-6,9-10H2,1H3,(H,21,26)(H,22,27). The molecule has 1 heterocycles. The number of carbonyl (C=O) groups is 2. The monoisotopic (exact) mass is 393 g/mol. The zero-order valence-electron chi connectivity index (χ0n) is 15.3. The first kappa shape index (κ1) is 19.9. The Kier molecular flexibility index (Phi) is 6.30. The maximum Gasteiger partial charge on any atom is 0.274 e. The number of ether oxygens (including phenoxy) is 1. The lowest BCUT2D eigenvalue weighted by Crippen LogP contribution is -2.27. The summed E-state index contributed by atoms with van der Waals surface area (Å²) in [5.74, 6) is -0.624. The second kappa shape index (κ2) is 8.87. The number of rotatable bonds is 9. The number of hydrogen-bond acceptors (Lipinski definition) is 5. The minimum atomic E-state index is -2.62. The highest BCUT2D eigenvalue weighted by molar-refractivity contribution is 5.94. The highest BCUT2D eigenvalue weighted by atomic mass is 19.3. The van der Waals surface area contributed by atoms with Crippen molar-refractivity contribution in [2.75, 3.05) is 13.2 Å². The van der Waals surface area contributed by atoms with Gasteiger partial charge in [0.05, 0.1) is 12.3 Å². The van der Waals surface area contributed by atoms with Crippen molar-refractivity contribution in [1.82, 2.24) is 25.6 Å². The fourth-order valence-electron chi connectivity index (χ4n) is 2.56.